The minimum Gasteiger partial charge on any atom is -0.475 e. The van der Waals surface area contributed by atoms with Crippen molar-refractivity contribution in [2.24, 2.45) is 0 Å². The molecule has 1 aromatic heterocycles. The summed E-state index contributed by atoms with van der Waals surface area (Å²) in [5.41, 5.74) is 1.02. The monoisotopic (exact) mass is 372 g/mol. The van der Waals surface area contributed by atoms with Gasteiger partial charge in [0.25, 0.3) is 0 Å². The molecule has 0 unspecified atom stereocenters. The second-order valence-electron chi connectivity index (χ2n) is 6.48. The van der Waals surface area contributed by atoms with Crippen LogP contribution in [0.2, 0.25) is 0 Å². The second-order valence-corrected chi connectivity index (χ2v) is 6.48. The molecule has 27 heavy (non-hydrogen) atoms. The minimum absolute atomic E-state index is 0.0110. The molecule has 0 aliphatic carbocycles. The van der Waals surface area contributed by atoms with Crippen LogP contribution in [0.1, 0.15) is 11.3 Å². The number of carbonyl (C=O) groups excluding carboxylic acids is 1. The van der Waals surface area contributed by atoms with Gasteiger partial charge in [0.15, 0.2) is 6.61 Å². The lowest BCUT2D eigenvalue weighted by Crippen LogP contribution is -2.45. The summed E-state index contributed by atoms with van der Waals surface area (Å²) in [4.78, 5) is 27.8. The highest BCUT2D eigenvalue weighted by Crippen LogP contribution is 2.12. The molecule has 7 nitrogen and oxygen atoms in total. The molecule has 1 aliphatic rings. The minimum atomic E-state index is -0.549. The van der Waals surface area contributed by atoms with Crippen molar-refractivity contribution in [3.8, 4) is 5.75 Å². The van der Waals surface area contributed by atoms with Gasteiger partial charge in [-0.3, -0.25) is 14.6 Å². The average Bonchev–Trinajstić information content (AvgIpc) is 2.69. The van der Waals surface area contributed by atoms with Crippen LogP contribution in [0.3, 0.4) is 0 Å². The van der Waals surface area contributed by atoms with E-state index in [1.165, 1.54) is 25.0 Å². The fourth-order valence-corrected chi connectivity index (χ4v) is 2.99. The molecule has 0 saturated carbocycles. The first-order valence-electron chi connectivity index (χ1n) is 8.94. The Morgan fingerprint density at radius 2 is 1.74 bits per heavy atom. The van der Waals surface area contributed by atoms with Crippen LogP contribution >= 0.6 is 0 Å². The van der Waals surface area contributed by atoms with E-state index in [1.54, 1.807) is 0 Å². The molecule has 144 valence electrons. The predicted molar refractivity (Wildman–Crippen MR) is 99.5 cm³/mol. The van der Waals surface area contributed by atoms with Crippen LogP contribution in [-0.2, 0) is 22.6 Å². The first-order chi connectivity index (χ1) is 13.1. The fourth-order valence-electron chi connectivity index (χ4n) is 2.99. The van der Waals surface area contributed by atoms with Gasteiger partial charge in [-0.05, 0) is 5.56 Å². The molecule has 1 aromatic carbocycles. The van der Waals surface area contributed by atoms with E-state index in [9.17, 15) is 9.59 Å². The lowest BCUT2D eigenvalue weighted by Gasteiger charge is -2.34. The van der Waals surface area contributed by atoms with Gasteiger partial charge in [0.1, 0.15) is 12.0 Å². The maximum Gasteiger partial charge on any atom is 0.343 e. The van der Waals surface area contributed by atoms with Gasteiger partial charge in [-0.25, -0.2) is 4.79 Å². The van der Waals surface area contributed by atoms with E-state index in [0.717, 1.165) is 32.7 Å². The molecular formula is C20H24N2O5. The molecular weight excluding hydrogens is 348 g/mol. The Morgan fingerprint density at radius 1 is 1.07 bits per heavy atom. The highest BCUT2D eigenvalue weighted by molar-refractivity contribution is 5.70. The van der Waals surface area contributed by atoms with Crippen molar-refractivity contribution < 1.29 is 18.7 Å². The van der Waals surface area contributed by atoms with Crippen molar-refractivity contribution in [3.05, 3.63) is 64.2 Å². The van der Waals surface area contributed by atoms with Crippen LogP contribution in [-0.4, -0.2) is 55.7 Å². The zero-order valence-corrected chi connectivity index (χ0v) is 15.4. The Bertz CT molecular complexity index is 798. The molecule has 0 N–H and O–H groups in total. The average molecular weight is 372 g/mol. The Morgan fingerprint density at radius 3 is 2.37 bits per heavy atom. The molecule has 2 aromatic rings. The third kappa shape index (κ3) is 5.67. The summed E-state index contributed by atoms with van der Waals surface area (Å²) in [6.45, 7) is 4.98. The van der Waals surface area contributed by atoms with Crippen LogP contribution in [0.5, 0.6) is 5.75 Å². The number of methoxy groups -OCH3 is 1. The number of hydrogen-bond donors (Lipinski definition) is 0. The molecule has 0 radical (unpaired) electrons. The number of ether oxygens (including phenoxy) is 2. The van der Waals surface area contributed by atoms with Crippen molar-refractivity contribution in [1.29, 1.82) is 0 Å². The molecule has 1 saturated heterocycles. The van der Waals surface area contributed by atoms with Crippen molar-refractivity contribution in [1.82, 2.24) is 9.80 Å². The topological polar surface area (TPSA) is 72.2 Å². The van der Waals surface area contributed by atoms with Crippen molar-refractivity contribution in [2.75, 3.05) is 39.9 Å². The summed E-state index contributed by atoms with van der Waals surface area (Å²) in [5, 5.41) is 0. The number of benzene rings is 1. The summed E-state index contributed by atoms with van der Waals surface area (Å²) in [6, 6.07) is 11.9. The van der Waals surface area contributed by atoms with Gasteiger partial charge in [0.05, 0.1) is 13.7 Å². The third-order valence-electron chi connectivity index (χ3n) is 4.52. The molecule has 0 bridgehead atoms. The molecule has 0 amide bonds. The van der Waals surface area contributed by atoms with E-state index >= 15 is 0 Å². The Balaban J connectivity index is 1.48. The van der Waals surface area contributed by atoms with Crippen molar-refractivity contribution in [3.63, 3.8) is 0 Å². The number of nitrogens with zero attached hydrogens (tertiary/aromatic N) is 2. The first-order valence-corrected chi connectivity index (χ1v) is 8.94. The maximum absolute atomic E-state index is 12.1. The Hall–Kier alpha value is -2.64. The van der Waals surface area contributed by atoms with Gasteiger partial charge in [-0.15, -0.1) is 0 Å². The molecule has 3 rings (SSSR count). The second kappa shape index (κ2) is 9.34. The third-order valence-corrected chi connectivity index (χ3v) is 4.52. The molecule has 7 heteroatoms. The first kappa shape index (κ1) is 19.1. The molecule has 1 aliphatic heterocycles. The summed E-state index contributed by atoms with van der Waals surface area (Å²) in [5.74, 6) is 0.0469. The molecule has 2 heterocycles. The highest BCUT2D eigenvalue weighted by Gasteiger charge is 2.18. The van der Waals surface area contributed by atoms with E-state index < -0.39 is 5.97 Å². The molecule has 0 atom stereocenters. The zero-order chi connectivity index (χ0) is 19.1. The number of rotatable bonds is 7. The van der Waals surface area contributed by atoms with Gasteiger partial charge >= 0.3 is 5.97 Å². The zero-order valence-electron chi connectivity index (χ0n) is 15.4. The van der Waals surface area contributed by atoms with E-state index in [1.807, 2.05) is 6.07 Å². The quantitative estimate of drug-likeness (QED) is 0.682. The Kier molecular flexibility index (Phi) is 6.62. The molecule has 1 fully saturated rings. The summed E-state index contributed by atoms with van der Waals surface area (Å²) in [6.07, 6.45) is 1.26. The van der Waals surface area contributed by atoms with Crippen LogP contribution in [0, 0.1) is 0 Å². The van der Waals surface area contributed by atoms with Crippen molar-refractivity contribution in [2.45, 2.75) is 13.1 Å². The van der Waals surface area contributed by atoms with E-state index in [-0.39, 0.29) is 17.8 Å². The van der Waals surface area contributed by atoms with Gasteiger partial charge in [-0.2, -0.15) is 0 Å². The number of carbonyl (C=O) groups is 1. The maximum atomic E-state index is 12.1. The predicted octanol–water partition coefficient (Wildman–Crippen LogP) is 1.51. The smallest absolute Gasteiger partial charge is 0.343 e. The summed E-state index contributed by atoms with van der Waals surface area (Å²) in [7, 11) is 1.26. The Labute approximate surface area is 158 Å². The standard InChI is InChI=1S/C20H24N2O5/c1-25-20(24)15-27-19-14-26-17(11-18(19)23)13-22-9-7-21(8-10-22)12-16-5-3-2-4-6-16/h2-6,11,14H,7-10,12-13,15H2,1H3. The number of piperazine rings is 1. The van der Waals surface area contributed by atoms with Gasteiger partial charge in [0.2, 0.25) is 11.2 Å². The normalized spacial score (nSPS) is 15.4. The van der Waals surface area contributed by atoms with E-state index in [0.29, 0.717) is 12.3 Å². The van der Waals surface area contributed by atoms with Crippen LogP contribution in [0.25, 0.3) is 0 Å². The lowest BCUT2D eigenvalue weighted by atomic mass is 10.2. The van der Waals surface area contributed by atoms with Gasteiger partial charge in [-0.1, -0.05) is 30.3 Å². The van der Waals surface area contributed by atoms with E-state index in [4.69, 9.17) is 9.15 Å². The van der Waals surface area contributed by atoms with Crippen LogP contribution in [0.4, 0.5) is 0 Å². The molecule has 0 spiro atoms. The van der Waals surface area contributed by atoms with Crippen LogP contribution < -0.4 is 10.2 Å². The van der Waals surface area contributed by atoms with Crippen molar-refractivity contribution >= 4 is 5.97 Å². The number of hydrogen-bond acceptors (Lipinski definition) is 7. The lowest BCUT2D eigenvalue weighted by molar-refractivity contribution is -0.142. The largest absolute Gasteiger partial charge is 0.475 e. The van der Waals surface area contributed by atoms with Crippen LogP contribution in [0.15, 0.2) is 51.9 Å². The SMILES string of the molecule is COC(=O)COc1coc(CN2CCN(Cc3ccccc3)CC2)cc1=O. The summed E-state index contributed by atoms with van der Waals surface area (Å²) < 4.78 is 15.1. The highest BCUT2D eigenvalue weighted by atomic mass is 16.6. The van der Waals surface area contributed by atoms with Gasteiger partial charge in [0, 0.05) is 38.8 Å². The van der Waals surface area contributed by atoms with Gasteiger partial charge < -0.3 is 13.9 Å². The number of esters is 1. The summed E-state index contributed by atoms with van der Waals surface area (Å²) >= 11 is 0. The fraction of sp³-hybridized carbons (Fsp3) is 0.400. The van der Waals surface area contributed by atoms with E-state index in [2.05, 4.69) is 38.8 Å².